The van der Waals surface area contributed by atoms with Crippen LogP contribution in [0.25, 0.3) is 22.0 Å². The number of aryl methyl sites for hydroxylation is 1. The molecule has 0 aliphatic heterocycles. The Bertz CT molecular complexity index is 842. The monoisotopic (exact) mass is 481 g/mol. The number of benzene rings is 2. The molecule has 1 heterocycles. The van der Waals surface area contributed by atoms with Crippen molar-refractivity contribution in [3.05, 3.63) is 79.0 Å². The number of hydrogen-bond acceptors (Lipinski definition) is 1. The van der Waals surface area contributed by atoms with E-state index in [1.54, 1.807) is 13.0 Å². The van der Waals surface area contributed by atoms with Crippen molar-refractivity contribution in [1.29, 1.82) is 0 Å². The van der Waals surface area contributed by atoms with E-state index in [0.29, 0.717) is 17.5 Å². The fourth-order valence-electron chi connectivity index (χ4n) is 2.60. The molecule has 0 fully saturated rings. The molecule has 23 heavy (non-hydrogen) atoms. The minimum Gasteiger partial charge on any atom is -0.301 e. The molecule has 3 aromatic rings. The first-order chi connectivity index (χ1) is 10.6. The minimum atomic E-state index is -0.300. The normalized spacial score (nSPS) is 10.6. The summed E-state index contributed by atoms with van der Waals surface area (Å²) in [7, 11) is 0. The Morgan fingerprint density at radius 2 is 1.87 bits per heavy atom. The van der Waals surface area contributed by atoms with Crippen molar-refractivity contribution in [2.75, 3.05) is 0 Å². The third kappa shape index (κ3) is 3.36. The molecule has 0 amide bonds. The van der Waals surface area contributed by atoms with Gasteiger partial charge in [0.15, 0.2) is 0 Å². The molecule has 0 spiro atoms. The number of hydrogen-bond donors (Lipinski definition) is 0. The Morgan fingerprint density at radius 3 is 2.57 bits per heavy atom. The molecule has 0 bridgehead atoms. The zero-order valence-electron chi connectivity index (χ0n) is 12.7. The first kappa shape index (κ1) is 17.8. The molecule has 1 nitrogen and oxygen atoms in total. The summed E-state index contributed by atoms with van der Waals surface area (Å²) in [6.07, 6.45) is 0.455. The molecule has 2 aromatic carbocycles. The maximum Gasteiger partial charge on any atom is 0.0440 e. The molecule has 0 N–H and O–H groups in total. The second kappa shape index (κ2) is 7.33. The van der Waals surface area contributed by atoms with E-state index in [9.17, 15) is 4.39 Å². The smallest absolute Gasteiger partial charge is 0.0440 e. The number of fused-ring (bicyclic) bond motifs is 1. The summed E-state index contributed by atoms with van der Waals surface area (Å²) in [5.74, 6) is -0.300. The van der Waals surface area contributed by atoms with Crippen LogP contribution in [0.5, 0.6) is 0 Å². The summed E-state index contributed by atoms with van der Waals surface area (Å²) in [5, 5.41) is 2.04. The van der Waals surface area contributed by atoms with Crippen molar-refractivity contribution in [3.8, 4) is 11.3 Å². The van der Waals surface area contributed by atoms with Crippen molar-refractivity contribution in [2.45, 2.75) is 19.8 Å². The Morgan fingerprint density at radius 1 is 1.13 bits per heavy atom. The van der Waals surface area contributed by atoms with E-state index in [1.165, 1.54) is 0 Å². The fourth-order valence-corrected chi connectivity index (χ4v) is 2.60. The van der Waals surface area contributed by atoms with Gasteiger partial charge in [-0.2, -0.15) is 0 Å². The molecule has 0 saturated heterocycles. The molecule has 0 saturated carbocycles. The van der Waals surface area contributed by atoms with Gasteiger partial charge in [-0.25, -0.2) is 0 Å². The molecular weight excluding hydrogens is 465 g/mol. The minimum absolute atomic E-state index is 0. The fraction of sp³-hybridized carbons (Fsp3) is 0.150. The van der Waals surface area contributed by atoms with Crippen LogP contribution in [0.3, 0.4) is 0 Å². The zero-order valence-corrected chi connectivity index (χ0v) is 15.1. The molecule has 5 radical (unpaired) electrons. The first-order valence-electron chi connectivity index (χ1n) is 7.14. The predicted octanol–water partition coefficient (Wildman–Crippen LogP) is 4.65. The number of halogens is 1. The molecule has 0 aliphatic rings. The van der Waals surface area contributed by atoms with Crippen molar-refractivity contribution in [1.82, 2.24) is 4.98 Å². The molecule has 0 aliphatic carbocycles. The van der Waals surface area contributed by atoms with E-state index in [-0.39, 0.29) is 32.3 Å². The summed E-state index contributed by atoms with van der Waals surface area (Å²) < 4.78 is 14.0. The van der Waals surface area contributed by atoms with Crippen molar-refractivity contribution in [3.63, 3.8) is 0 Å². The number of pyridine rings is 1. The van der Waals surface area contributed by atoms with E-state index in [0.717, 1.165) is 27.7 Å². The molecule has 1 aromatic heterocycles. The predicted molar refractivity (Wildman–Crippen MR) is 86.7 cm³/mol. The second-order valence-corrected chi connectivity index (χ2v) is 5.25. The van der Waals surface area contributed by atoms with Crippen LogP contribution < -0.4 is 0 Å². The van der Waals surface area contributed by atoms with Crippen molar-refractivity contribution in [2.24, 2.45) is 0 Å². The van der Waals surface area contributed by atoms with Crippen LogP contribution in [0, 0.1) is 32.7 Å². The van der Waals surface area contributed by atoms with Gasteiger partial charge < -0.3 is 4.98 Å². The molecule has 0 unspecified atom stereocenters. The largest absolute Gasteiger partial charge is 0.301 e. The standard InChI is InChI=1S/C20H15FN.Ir/c1-4-14-11-16(10-13(3)19(14)21)20-18-9-7-6-8-15(18)12-17(5-2)22-20;/h1-2,6-10,12H,4-5H2,3H3;/q-1;. The van der Waals surface area contributed by atoms with Gasteiger partial charge in [0.05, 0.1) is 0 Å². The molecule has 117 valence electrons. The topological polar surface area (TPSA) is 12.9 Å². The summed E-state index contributed by atoms with van der Waals surface area (Å²) in [6.45, 7) is 13.1. The van der Waals surface area contributed by atoms with E-state index >= 15 is 0 Å². The second-order valence-electron chi connectivity index (χ2n) is 5.25. The van der Waals surface area contributed by atoms with Gasteiger partial charge >= 0.3 is 0 Å². The molecule has 0 atom stereocenters. The van der Waals surface area contributed by atoms with Gasteiger partial charge in [-0.15, -0.1) is 17.7 Å². The molecule has 3 rings (SSSR count). The van der Waals surface area contributed by atoms with Crippen LogP contribution in [0.2, 0.25) is 0 Å². The van der Waals surface area contributed by atoms with Gasteiger partial charge in [-0.05, 0) is 49.2 Å². The first-order valence-corrected chi connectivity index (χ1v) is 7.14. The Labute approximate surface area is 150 Å². The summed E-state index contributed by atoms with van der Waals surface area (Å²) in [5.41, 5.74) is 3.21. The van der Waals surface area contributed by atoms with Crippen molar-refractivity contribution >= 4 is 10.8 Å². The summed E-state index contributed by atoms with van der Waals surface area (Å²) in [4.78, 5) is 4.62. The van der Waals surface area contributed by atoms with E-state index in [4.69, 9.17) is 13.8 Å². The summed E-state index contributed by atoms with van der Waals surface area (Å²) >= 11 is 0. The number of nitrogens with zero attached hydrogens (tertiary/aromatic N) is 1. The van der Waals surface area contributed by atoms with Crippen LogP contribution in [-0.2, 0) is 32.9 Å². The molecular formula is C20H15FIrN-. The maximum absolute atomic E-state index is 14.0. The van der Waals surface area contributed by atoms with E-state index in [1.807, 2.05) is 30.3 Å². The van der Waals surface area contributed by atoms with Gasteiger partial charge in [0.2, 0.25) is 0 Å². The maximum atomic E-state index is 14.0. The van der Waals surface area contributed by atoms with E-state index in [2.05, 4.69) is 11.1 Å². The third-order valence-electron chi connectivity index (χ3n) is 3.72. The number of aromatic nitrogens is 1. The van der Waals surface area contributed by atoms with Crippen LogP contribution in [0.15, 0.2) is 36.4 Å². The number of rotatable bonds is 3. The van der Waals surface area contributed by atoms with Crippen molar-refractivity contribution < 1.29 is 24.5 Å². The van der Waals surface area contributed by atoms with Crippen LogP contribution in [-0.4, -0.2) is 4.98 Å². The Kier molecular flexibility index (Phi) is 5.67. The Balaban J connectivity index is 0.00000192. The zero-order chi connectivity index (χ0) is 15.7. The Hall–Kier alpha value is -1.57. The third-order valence-corrected chi connectivity index (χ3v) is 3.72. The van der Waals surface area contributed by atoms with Gasteiger partial charge in [0.1, 0.15) is 0 Å². The van der Waals surface area contributed by atoms with Gasteiger partial charge in [0, 0.05) is 31.6 Å². The molecule has 3 heteroatoms. The van der Waals surface area contributed by atoms with Gasteiger partial charge in [-0.3, -0.25) is 4.39 Å². The SMILES string of the molecule is [CH]Cc1cc2ccccc2c(-c2[c-]c(C[CH])c(F)c(C)c2)n1.[Ir]. The average Bonchev–Trinajstić information content (AvgIpc) is 2.56. The van der Waals surface area contributed by atoms with Crippen LogP contribution in [0.1, 0.15) is 16.8 Å². The van der Waals surface area contributed by atoms with Crippen LogP contribution >= 0.6 is 0 Å². The van der Waals surface area contributed by atoms with Gasteiger partial charge in [0.25, 0.3) is 0 Å². The van der Waals surface area contributed by atoms with E-state index < -0.39 is 0 Å². The quantitative estimate of drug-likeness (QED) is 0.497. The van der Waals surface area contributed by atoms with Gasteiger partial charge in [-0.1, -0.05) is 42.3 Å². The van der Waals surface area contributed by atoms with Crippen LogP contribution in [0.4, 0.5) is 4.39 Å². The summed E-state index contributed by atoms with van der Waals surface area (Å²) in [6, 6.07) is 14.7. The average molecular weight is 481 g/mol.